The number of esters is 1. The maximum Gasteiger partial charge on any atom is 0.326 e. The highest BCUT2D eigenvalue weighted by atomic mass is 16.5. The second-order valence-corrected chi connectivity index (χ2v) is 4.70. The molecule has 0 aromatic rings. The fourth-order valence-electron chi connectivity index (χ4n) is 2.00. The summed E-state index contributed by atoms with van der Waals surface area (Å²) in [5, 5.41) is 20.9. The maximum absolute atomic E-state index is 11.9. The summed E-state index contributed by atoms with van der Waals surface area (Å²) in [6.07, 6.45) is 0.608. The van der Waals surface area contributed by atoms with Crippen molar-refractivity contribution < 1.29 is 29.3 Å². The third-order valence-electron chi connectivity index (χ3n) is 3.14. The molecule has 1 fully saturated rings. The number of carboxylic acid groups (broad SMARTS) is 1. The van der Waals surface area contributed by atoms with Gasteiger partial charge in [-0.05, 0) is 19.3 Å². The van der Waals surface area contributed by atoms with Gasteiger partial charge in [0.25, 0.3) is 0 Å². The molecule has 114 valence electrons. The molecule has 1 aliphatic rings. The molecule has 0 saturated carbocycles. The Labute approximate surface area is 116 Å². The van der Waals surface area contributed by atoms with Gasteiger partial charge >= 0.3 is 18.0 Å². The van der Waals surface area contributed by atoms with Crippen molar-refractivity contribution in [1.82, 2.24) is 10.2 Å². The summed E-state index contributed by atoms with van der Waals surface area (Å²) in [5.41, 5.74) is 0. The molecule has 0 radical (unpaired) electrons. The van der Waals surface area contributed by atoms with E-state index >= 15 is 0 Å². The monoisotopic (exact) mass is 288 g/mol. The molecular weight excluding hydrogens is 268 g/mol. The number of aliphatic carboxylic acids is 1. The van der Waals surface area contributed by atoms with Gasteiger partial charge < -0.3 is 25.2 Å². The molecule has 1 heterocycles. The van der Waals surface area contributed by atoms with Gasteiger partial charge in [-0.15, -0.1) is 0 Å². The van der Waals surface area contributed by atoms with Gasteiger partial charge in [-0.2, -0.15) is 0 Å². The lowest BCUT2D eigenvalue weighted by Gasteiger charge is -2.31. The largest absolute Gasteiger partial charge is 0.480 e. The number of ether oxygens (including phenoxy) is 1. The van der Waals surface area contributed by atoms with E-state index < -0.39 is 30.1 Å². The van der Waals surface area contributed by atoms with Crippen LogP contribution in [0.2, 0.25) is 0 Å². The molecular formula is C12H20N2O6. The number of aliphatic hydroxyl groups excluding tert-OH is 1. The number of hydrogen-bond acceptors (Lipinski definition) is 5. The summed E-state index contributed by atoms with van der Waals surface area (Å²) in [6.45, 7) is 0.668. The lowest BCUT2D eigenvalue weighted by molar-refractivity contribution is -0.142. The van der Waals surface area contributed by atoms with Crippen LogP contribution in [0.15, 0.2) is 0 Å². The Bertz CT molecular complexity index is 373. The lowest BCUT2D eigenvalue weighted by Crippen LogP contribution is -2.51. The van der Waals surface area contributed by atoms with E-state index in [4.69, 9.17) is 5.11 Å². The zero-order chi connectivity index (χ0) is 15.1. The fraction of sp³-hybridized carbons (Fsp3) is 0.750. The third-order valence-corrected chi connectivity index (χ3v) is 3.14. The number of carboxylic acids is 1. The van der Waals surface area contributed by atoms with Crippen LogP contribution in [0.25, 0.3) is 0 Å². The summed E-state index contributed by atoms with van der Waals surface area (Å²) in [5.74, 6) is -1.74. The normalized spacial score (nSPS) is 20.1. The zero-order valence-corrected chi connectivity index (χ0v) is 11.4. The number of carbonyl (C=O) groups excluding carboxylic acids is 2. The Balaban J connectivity index is 2.49. The van der Waals surface area contributed by atoms with Gasteiger partial charge in [0, 0.05) is 19.5 Å². The van der Waals surface area contributed by atoms with Crippen LogP contribution >= 0.6 is 0 Å². The second-order valence-electron chi connectivity index (χ2n) is 4.70. The van der Waals surface area contributed by atoms with Crippen molar-refractivity contribution in [3.63, 3.8) is 0 Å². The minimum atomic E-state index is -1.21. The van der Waals surface area contributed by atoms with Gasteiger partial charge in [-0.25, -0.2) is 9.59 Å². The smallest absolute Gasteiger partial charge is 0.326 e. The first-order valence-corrected chi connectivity index (χ1v) is 6.47. The highest BCUT2D eigenvalue weighted by Crippen LogP contribution is 2.10. The van der Waals surface area contributed by atoms with Crippen LogP contribution in [0.5, 0.6) is 0 Å². The molecule has 2 amide bonds. The number of methoxy groups -OCH3 is 1. The standard InChI is InChI=1S/C12H20N2O6/c1-20-10(16)5-4-9(11(17)18)13-12(19)14-6-2-3-8(15)7-14/h8-9,15H,2-7H2,1H3,(H,13,19)(H,17,18)/t8?,9-/m0/s1. The maximum atomic E-state index is 11.9. The van der Waals surface area contributed by atoms with Crippen molar-refractivity contribution in [3.05, 3.63) is 0 Å². The highest BCUT2D eigenvalue weighted by molar-refractivity contribution is 5.83. The molecule has 0 spiro atoms. The van der Waals surface area contributed by atoms with E-state index in [2.05, 4.69) is 10.1 Å². The Morgan fingerprint density at radius 2 is 2.15 bits per heavy atom. The van der Waals surface area contributed by atoms with Gasteiger partial charge in [0.1, 0.15) is 6.04 Å². The first-order valence-electron chi connectivity index (χ1n) is 6.47. The molecule has 3 N–H and O–H groups in total. The van der Waals surface area contributed by atoms with E-state index in [0.717, 1.165) is 0 Å². The van der Waals surface area contributed by atoms with Crippen LogP contribution in [0.4, 0.5) is 4.79 Å². The number of aliphatic hydroxyl groups is 1. The Morgan fingerprint density at radius 3 is 2.70 bits per heavy atom. The Kier molecular flexibility index (Phi) is 6.23. The predicted molar refractivity (Wildman–Crippen MR) is 68.0 cm³/mol. The van der Waals surface area contributed by atoms with Crippen LogP contribution < -0.4 is 5.32 Å². The van der Waals surface area contributed by atoms with Crippen LogP contribution in [0.1, 0.15) is 25.7 Å². The zero-order valence-electron chi connectivity index (χ0n) is 11.4. The quantitative estimate of drug-likeness (QED) is 0.590. The number of amides is 2. The first-order chi connectivity index (χ1) is 9.43. The van der Waals surface area contributed by atoms with Gasteiger partial charge in [0.15, 0.2) is 0 Å². The first kappa shape index (κ1) is 16.2. The average molecular weight is 288 g/mol. The summed E-state index contributed by atoms with van der Waals surface area (Å²) < 4.78 is 4.43. The molecule has 1 aliphatic heterocycles. The van der Waals surface area contributed by atoms with Gasteiger partial charge in [-0.3, -0.25) is 4.79 Å². The van der Waals surface area contributed by atoms with Gasteiger partial charge in [-0.1, -0.05) is 0 Å². The number of piperidine rings is 1. The van der Waals surface area contributed by atoms with Crippen molar-refractivity contribution in [2.75, 3.05) is 20.2 Å². The van der Waals surface area contributed by atoms with Crippen LogP contribution in [0.3, 0.4) is 0 Å². The molecule has 20 heavy (non-hydrogen) atoms. The van der Waals surface area contributed by atoms with Gasteiger partial charge in [0.2, 0.25) is 0 Å². The highest BCUT2D eigenvalue weighted by Gasteiger charge is 2.26. The number of hydrogen-bond donors (Lipinski definition) is 3. The van der Waals surface area contributed by atoms with Crippen LogP contribution in [0, 0.1) is 0 Å². The molecule has 8 heteroatoms. The number of rotatable bonds is 5. The summed E-state index contributed by atoms with van der Waals surface area (Å²) in [7, 11) is 1.21. The molecule has 2 atom stereocenters. The van der Waals surface area contributed by atoms with Crippen molar-refractivity contribution in [3.8, 4) is 0 Å². The fourth-order valence-corrected chi connectivity index (χ4v) is 2.00. The molecule has 0 aromatic heterocycles. The van der Waals surface area contributed by atoms with Crippen molar-refractivity contribution in [2.45, 2.75) is 37.8 Å². The van der Waals surface area contributed by atoms with Crippen molar-refractivity contribution >= 4 is 18.0 Å². The third kappa shape index (κ3) is 5.04. The van der Waals surface area contributed by atoms with Gasteiger partial charge in [0.05, 0.1) is 13.2 Å². The number of β-amino-alcohol motifs (C(OH)–C–C–N with tert-alkyl or cyclic N) is 1. The average Bonchev–Trinajstić information content (AvgIpc) is 2.42. The number of carbonyl (C=O) groups is 3. The Morgan fingerprint density at radius 1 is 1.45 bits per heavy atom. The van der Waals surface area contributed by atoms with E-state index in [1.54, 1.807) is 0 Å². The molecule has 0 aliphatic carbocycles. The van der Waals surface area contributed by atoms with E-state index in [0.29, 0.717) is 19.4 Å². The summed E-state index contributed by atoms with van der Waals surface area (Å²) >= 11 is 0. The number of likely N-dealkylation sites (tertiary alicyclic amines) is 1. The molecule has 1 saturated heterocycles. The molecule has 1 unspecified atom stereocenters. The molecule has 1 rings (SSSR count). The van der Waals surface area contributed by atoms with Crippen LogP contribution in [-0.2, 0) is 14.3 Å². The summed E-state index contributed by atoms with van der Waals surface area (Å²) in [4.78, 5) is 35.3. The van der Waals surface area contributed by atoms with E-state index in [1.807, 2.05) is 0 Å². The topological polar surface area (TPSA) is 116 Å². The number of nitrogens with one attached hydrogen (secondary N) is 1. The lowest BCUT2D eigenvalue weighted by atomic mass is 10.1. The van der Waals surface area contributed by atoms with Crippen molar-refractivity contribution in [1.29, 1.82) is 0 Å². The Hall–Kier alpha value is -1.83. The predicted octanol–water partition coefficient (Wildman–Crippen LogP) is -0.441. The van der Waals surface area contributed by atoms with E-state index in [1.165, 1.54) is 12.0 Å². The van der Waals surface area contributed by atoms with E-state index in [9.17, 15) is 19.5 Å². The minimum absolute atomic E-state index is 0.0376. The summed E-state index contributed by atoms with van der Waals surface area (Å²) in [6, 6.07) is -1.69. The van der Waals surface area contributed by atoms with Crippen molar-refractivity contribution in [2.24, 2.45) is 0 Å². The van der Waals surface area contributed by atoms with Crippen LogP contribution in [-0.4, -0.2) is 65.4 Å². The molecule has 0 bridgehead atoms. The molecule has 0 aromatic carbocycles. The number of nitrogens with zero attached hydrogens (tertiary/aromatic N) is 1. The number of urea groups is 1. The SMILES string of the molecule is COC(=O)CC[C@H](NC(=O)N1CCCC(O)C1)C(=O)O. The second kappa shape index (κ2) is 7.68. The minimum Gasteiger partial charge on any atom is -0.480 e. The van der Waals surface area contributed by atoms with E-state index in [-0.39, 0.29) is 19.4 Å². The molecule has 8 nitrogen and oxygen atoms in total.